The molecule has 0 spiro atoms. The van der Waals surface area contributed by atoms with E-state index in [0.717, 1.165) is 38.2 Å². The van der Waals surface area contributed by atoms with Crippen LogP contribution in [0, 0.1) is 5.92 Å². The first-order valence-corrected chi connectivity index (χ1v) is 8.51. The lowest BCUT2D eigenvalue weighted by molar-refractivity contribution is 0.0636. The van der Waals surface area contributed by atoms with Gasteiger partial charge in [-0.25, -0.2) is 9.78 Å². The van der Waals surface area contributed by atoms with E-state index in [-0.39, 0.29) is 6.61 Å². The molecule has 0 aromatic carbocycles. The lowest BCUT2D eigenvalue weighted by atomic mass is 9.99. The topological polar surface area (TPSA) is 74.7 Å². The standard InChI is InChI=1S/C15H25N3O3S/c1-15(2,3)21-14(20)17-13-16-12(10-22-13)8-18-6-4-5-11(7-18)9-19/h10-11,19H,4-9H2,1-3H3,(H,16,17,20)/t11-/m0/s1. The van der Waals surface area contributed by atoms with E-state index < -0.39 is 11.7 Å². The molecule has 22 heavy (non-hydrogen) atoms. The van der Waals surface area contributed by atoms with Gasteiger partial charge in [-0.15, -0.1) is 11.3 Å². The minimum absolute atomic E-state index is 0.249. The predicted octanol–water partition coefficient (Wildman–Crippen LogP) is 2.69. The summed E-state index contributed by atoms with van der Waals surface area (Å²) in [6, 6.07) is 0. The van der Waals surface area contributed by atoms with Crippen LogP contribution in [0.1, 0.15) is 39.3 Å². The average molecular weight is 327 g/mol. The Morgan fingerprint density at radius 2 is 2.36 bits per heavy atom. The Hall–Kier alpha value is -1.18. The van der Waals surface area contributed by atoms with E-state index in [1.165, 1.54) is 11.3 Å². The van der Waals surface area contributed by atoms with Crippen molar-refractivity contribution in [2.24, 2.45) is 5.92 Å². The number of anilines is 1. The van der Waals surface area contributed by atoms with Gasteiger partial charge in [0.1, 0.15) is 5.60 Å². The van der Waals surface area contributed by atoms with Crippen molar-refractivity contribution in [1.82, 2.24) is 9.88 Å². The number of hydrogen-bond acceptors (Lipinski definition) is 6. The fourth-order valence-corrected chi connectivity index (χ4v) is 3.19. The van der Waals surface area contributed by atoms with Gasteiger partial charge < -0.3 is 9.84 Å². The smallest absolute Gasteiger partial charge is 0.413 e. The van der Waals surface area contributed by atoms with E-state index in [9.17, 15) is 9.90 Å². The summed E-state index contributed by atoms with van der Waals surface area (Å²) < 4.78 is 5.21. The molecule has 1 amide bonds. The summed E-state index contributed by atoms with van der Waals surface area (Å²) in [4.78, 5) is 18.4. The van der Waals surface area contributed by atoms with Crippen molar-refractivity contribution in [2.45, 2.75) is 45.8 Å². The molecule has 7 heteroatoms. The first-order valence-electron chi connectivity index (χ1n) is 7.63. The highest BCUT2D eigenvalue weighted by molar-refractivity contribution is 7.13. The molecular formula is C15H25N3O3S. The van der Waals surface area contributed by atoms with Crippen LogP contribution in [0.25, 0.3) is 0 Å². The molecule has 0 aliphatic carbocycles. The third kappa shape index (κ3) is 5.55. The summed E-state index contributed by atoms with van der Waals surface area (Å²) in [6.07, 6.45) is 1.72. The molecule has 1 aromatic rings. The molecule has 1 aliphatic rings. The molecule has 2 N–H and O–H groups in total. The highest BCUT2D eigenvalue weighted by Gasteiger charge is 2.21. The molecule has 0 unspecified atom stereocenters. The number of carbonyl (C=O) groups is 1. The Kier molecular flexibility index (Phi) is 5.77. The Bertz CT molecular complexity index is 498. The molecule has 124 valence electrons. The number of piperidine rings is 1. The second-order valence-corrected chi connectivity index (χ2v) is 7.55. The maximum absolute atomic E-state index is 11.7. The summed E-state index contributed by atoms with van der Waals surface area (Å²) in [5.41, 5.74) is 0.423. The molecule has 1 saturated heterocycles. The van der Waals surface area contributed by atoms with Gasteiger partial charge in [-0.1, -0.05) is 0 Å². The van der Waals surface area contributed by atoms with Crippen molar-refractivity contribution in [3.8, 4) is 0 Å². The minimum atomic E-state index is -0.517. The summed E-state index contributed by atoms with van der Waals surface area (Å²) in [5.74, 6) is 0.367. The Balaban J connectivity index is 1.85. The van der Waals surface area contributed by atoms with Crippen LogP contribution in [-0.2, 0) is 11.3 Å². The maximum Gasteiger partial charge on any atom is 0.413 e. The second kappa shape index (κ2) is 7.39. The number of rotatable bonds is 4. The number of amides is 1. The third-order valence-corrected chi connectivity index (χ3v) is 4.21. The molecule has 1 aliphatic heterocycles. The first kappa shape index (κ1) is 17.2. The van der Waals surface area contributed by atoms with Gasteiger partial charge in [0.15, 0.2) is 5.13 Å². The monoisotopic (exact) mass is 327 g/mol. The number of hydrogen-bond donors (Lipinski definition) is 2. The number of carbonyl (C=O) groups excluding carboxylic acids is 1. The normalized spacial score (nSPS) is 19.9. The Labute approximate surface area is 135 Å². The van der Waals surface area contributed by atoms with E-state index in [0.29, 0.717) is 11.0 Å². The van der Waals surface area contributed by atoms with Gasteiger partial charge in [-0.3, -0.25) is 10.2 Å². The number of nitrogens with one attached hydrogen (secondary N) is 1. The molecule has 2 rings (SSSR count). The molecule has 2 heterocycles. The van der Waals surface area contributed by atoms with Crippen LogP contribution < -0.4 is 5.32 Å². The van der Waals surface area contributed by atoms with E-state index in [1.807, 2.05) is 26.2 Å². The number of ether oxygens (including phenoxy) is 1. The lowest BCUT2D eigenvalue weighted by Gasteiger charge is -2.31. The zero-order valence-electron chi connectivity index (χ0n) is 13.5. The van der Waals surface area contributed by atoms with Crippen molar-refractivity contribution in [2.75, 3.05) is 25.0 Å². The molecule has 0 bridgehead atoms. The molecule has 1 aromatic heterocycles. The van der Waals surface area contributed by atoms with Gasteiger partial charge in [-0.05, 0) is 46.1 Å². The number of nitrogens with zero attached hydrogens (tertiary/aromatic N) is 2. The molecule has 1 fully saturated rings. The zero-order valence-corrected chi connectivity index (χ0v) is 14.3. The van der Waals surface area contributed by atoms with Crippen LogP contribution in [0.3, 0.4) is 0 Å². The minimum Gasteiger partial charge on any atom is -0.444 e. The molecular weight excluding hydrogens is 302 g/mol. The Morgan fingerprint density at radius 1 is 1.59 bits per heavy atom. The van der Waals surface area contributed by atoms with Gasteiger partial charge in [0.05, 0.1) is 5.69 Å². The van der Waals surface area contributed by atoms with Gasteiger partial charge in [0, 0.05) is 25.1 Å². The number of thiazole rings is 1. The maximum atomic E-state index is 11.7. The van der Waals surface area contributed by atoms with Crippen molar-refractivity contribution < 1.29 is 14.6 Å². The first-order chi connectivity index (χ1) is 10.4. The van der Waals surface area contributed by atoms with Crippen LogP contribution in [0.15, 0.2) is 5.38 Å². The Morgan fingerprint density at radius 3 is 3.05 bits per heavy atom. The molecule has 6 nitrogen and oxygen atoms in total. The number of aliphatic hydroxyl groups excluding tert-OH is 1. The van der Waals surface area contributed by atoms with E-state index in [2.05, 4.69) is 15.2 Å². The lowest BCUT2D eigenvalue weighted by Crippen LogP contribution is -2.36. The van der Waals surface area contributed by atoms with Crippen molar-refractivity contribution >= 4 is 22.6 Å². The van der Waals surface area contributed by atoms with Crippen molar-refractivity contribution in [3.63, 3.8) is 0 Å². The average Bonchev–Trinajstić information content (AvgIpc) is 2.83. The second-order valence-electron chi connectivity index (χ2n) is 6.70. The summed E-state index contributed by atoms with van der Waals surface area (Å²) in [6.45, 7) is 8.42. The number of aliphatic hydroxyl groups is 1. The van der Waals surface area contributed by atoms with Crippen molar-refractivity contribution in [1.29, 1.82) is 0 Å². The fraction of sp³-hybridized carbons (Fsp3) is 0.733. The summed E-state index contributed by atoms with van der Waals surface area (Å²) in [5, 5.41) is 14.4. The summed E-state index contributed by atoms with van der Waals surface area (Å²) >= 11 is 1.40. The van der Waals surface area contributed by atoms with Crippen LogP contribution in [-0.4, -0.2) is 46.4 Å². The fourth-order valence-electron chi connectivity index (χ4n) is 2.50. The summed E-state index contributed by atoms with van der Waals surface area (Å²) in [7, 11) is 0. The van der Waals surface area contributed by atoms with E-state index >= 15 is 0 Å². The quantitative estimate of drug-likeness (QED) is 0.889. The van der Waals surface area contributed by atoms with Gasteiger partial charge >= 0.3 is 6.09 Å². The largest absolute Gasteiger partial charge is 0.444 e. The SMILES string of the molecule is CC(C)(C)OC(=O)Nc1nc(CN2CCC[C@H](CO)C2)cs1. The van der Waals surface area contributed by atoms with E-state index in [1.54, 1.807) is 0 Å². The van der Waals surface area contributed by atoms with Crippen molar-refractivity contribution in [3.05, 3.63) is 11.1 Å². The number of likely N-dealkylation sites (tertiary alicyclic amines) is 1. The highest BCUT2D eigenvalue weighted by Crippen LogP contribution is 2.21. The van der Waals surface area contributed by atoms with Gasteiger partial charge in [-0.2, -0.15) is 0 Å². The zero-order chi connectivity index (χ0) is 16.2. The number of aromatic nitrogens is 1. The van der Waals surface area contributed by atoms with Crippen LogP contribution >= 0.6 is 11.3 Å². The van der Waals surface area contributed by atoms with Gasteiger partial charge in [0.25, 0.3) is 0 Å². The van der Waals surface area contributed by atoms with E-state index in [4.69, 9.17) is 4.74 Å². The van der Waals surface area contributed by atoms with Crippen LogP contribution in [0.2, 0.25) is 0 Å². The highest BCUT2D eigenvalue weighted by atomic mass is 32.1. The third-order valence-electron chi connectivity index (χ3n) is 3.41. The van der Waals surface area contributed by atoms with Crippen LogP contribution in [0.4, 0.5) is 9.93 Å². The molecule has 0 saturated carbocycles. The van der Waals surface area contributed by atoms with Crippen LogP contribution in [0.5, 0.6) is 0 Å². The van der Waals surface area contributed by atoms with Gasteiger partial charge in [0.2, 0.25) is 0 Å². The molecule has 1 atom stereocenters. The predicted molar refractivity (Wildman–Crippen MR) is 87.1 cm³/mol. The molecule has 0 radical (unpaired) electrons.